The van der Waals surface area contributed by atoms with E-state index in [1.807, 2.05) is 0 Å². The average molecular weight is 203 g/mol. The molecule has 0 N–H and O–H groups in total. The van der Waals surface area contributed by atoms with Crippen LogP contribution in [-0.2, 0) is 16.2 Å². The molecule has 1 fully saturated rings. The molecule has 0 aromatic heterocycles. The third kappa shape index (κ3) is 7.39. The van der Waals surface area contributed by atoms with E-state index in [1.165, 1.54) is 69.8 Å². The van der Waals surface area contributed by atoms with E-state index in [2.05, 4.69) is 6.92 Å². The van der Waals surface area contributed by atoms with Crippen LogP contribution in [0.1, 0.15) is 64.7 Å². The summed E-state index contributed by atoms with van der Waals surface area (Å²) in [6.45, 7) is 2.27. The molecule has 1 atom stereocenters. The molecule has 0 radical (unpaired) electrons. The highest BCUT2D eigenvalue weighted by molar-refractivity contribution is 7.79. The maximum absolute atomic E-state index is 5.14. The molecule has 0 spiro atoms. The van der Waals surface area contributed by atoms with E-state index in [-0.39, 0.29) is 0 Å². The Bertz CT molecular complexity index is 113. The van der Waals surface area contributed by atoms with Crippen molar-refractivity contribution in [1.82, 2.24) is 0 Å². The molecule has 1 saturated heterocycles. The summed E-state index contributed by atoms with van der Waals surface area (Å²) in [5.41, 5.74) is 0.625. The molecule has 0 aromatic carbocycles. The second kappa shape index (κ2) is 7.69. The molecule has 1 heterocycles. The first kappa shape index (κ1) is 11.4. The Hall–Kier alpha value is 0.310. The van der Waals surface area contributed by atoms with Crippen molar-refractivity contribution in [1.29, 1.82) is 0 Å². The summed E-state index contributed by atoms with van der Waals surface area (Å²) in [6, 6.07) is 0. The minimum Gasteiger partial charge on any atom is -0.114 e. The molecule has 1 unspecified atom stereocenters. The van der Waals surface area contributed by atoms with Gasteiger partial charge in [-0.15, -0.1) is 4.18 Å². The van der Waals surface area contributed by atoms with Crippen LogP contribution in [0.15, 0.2) is 0 Å². The molecular formula is C11H23OS+. The van der Waals surface area contributed by atoms with Crippen molar-refractivity contribution < 1.29 is 4.18 Å². The smallest absolute Gasteiger partial charge is 0.114 e. The molecule has 1 aliphatic rings. The Morgan fingerprint density at radius 1 is 0.923 bits per heavy atom. The molecule has 0 saturated carbocycles. The van der Waals surface area contributed by atoms with Crippen LogP contribution >= 0.6 is 0 Å². The quantitative estimate of drug-likeness (QED) is 0.241. The maximum atomic E-state index is 5.14. The maximum Gasteiger partial charge on any atom is 0.296 e. The molecule has 0 amide bonds. The van der Waals surface area contributed by atoms with E-state index in [1.54, 1.807) is 0 Å². The van der Waals surface area contributed by atoms with E-state index >= 15 is 0 Å². The van der Waals surface area contributed by atoms with Gasteiger partial charge in [0.25, 0.3) is 5.44 Å². The van der Waals surface area contributed by atoms with E-state index in [0.717, 1.165) is 0 Å². The number of hydrogen-bond acceptors (Lipinski definition) is 1. The summed E-state index contributed by atoms with van der Waals surface area (Å²) in [5.74, 6) is 0. The van der Waals surface area contributed by atoms with Gasteiger partial charge in [-0.2, -0.15) is 0 Å². The van der Waals surface area contributed by atoms with Gasteiger partial charge in [0.15, 0.2) is 12.0 Å². The van der Waals surface area contributed by atoms with Crippen molar-refractivity contribution in [3.05, 3.63) is 0 Å². The molecule has 2 heteroatoms. The average Bonchev–Trinajstić information content (AvgIpc) is 2.93. The Labute approximate surface area is 86.8 Å². The highest BCUT2D eigenvalue weighted by Gasteiger charge is 2.36. The van der Waals surface area contributed by atoms with Gasteiger partial charge in [0.1, 0.15) is 0 Å². The zero-order valence-corrected chi connectivity index (χ0v) is 9.69. The molecule has 1 aliphatic heterocycles. The van der Waals surface area contributed by atoms with Crippen molar-refractivity contribution in [2.45, 2.75) is 70.1 Å². The highest BCUT2D eigenvalue weighted by Crippen LogP contribution is 2.21. The highest BCUT2D eigenvalue weighted by atomic mass is 32.2. The van der Waals surface area contributed by atoms with Crippen LogP contribution in [0.3, 0.4) is 0 Å². The lowest BCUT2D eigenvalue weighted by atomic mass is 10.1. The summed E-state index contributed by atoms with van der Waals surface area (Å²) in [7, 11) is 0. The van der Waals surface area contributed by atoms with E-state index in [9.17, 15) is 0 Å². The van der Waals surface area contributed by atoms with Gasteiger partial charge in [0.2, 0.25) is 0 Å². The zero-order valence-electron chi connectivity index (χ0n) is 8.80. The Balaban J connectivity index is 1.63. The zero-order chi connectivity index (χ0) is 9.36. The molecule has 1 rings (SSSR count). The summed E-state index contributed by atoms with van der Waals surface area (Å²) < 4.78 is 5.14. The van der Waals surface area contributed by atoms with Gasteiger partial charge in [0, 0.05) is 6.42 Å². The van der Waals surface area contributed by atoms with E-state index in [0.29, 0.717) is 5.44 Å². The van der Waals surface area contributed by atoms with Crippen molar-refractivity contribution in [3.8, 4) is 0 Å². The minimum atomic E-state index is 0.625. The van der Waals surface area contributed by atoms with Crippen LogP contribution in [0.25, 0.3) is 0 Å². The predicted octanol–water partition coefficient (Wildman–Crippen LogP) is 3.60. The molecule has 0 bridgehead atoms. The first-order valence-corrected chi connectivity index (χ1v) is 6.67. The lowest BCUT2D eigenvalue weighted by Crippen LogP contribution is -1.85. The van der Waals surface area contributed by atoms with Gasteiger partial charge in [-0.3, -0.25) is 0 Å². The fourth-order valence-electron chi connectivity index (χ4n) is 1.60. The topological polar surface area (TPSA) is 12.5 Å². The van der Waals surface area contributed by atoms with Crippen LogP contribution in [0.5, 0.6) is 0 Å². The van der Waals surface area contributed by atoms with Crippen molar-refractivity contribution in [2.24, 2.45) is 0 Å². The monoisotopic (exact) mass is 203 g/mol. The number of thiol groups is 1. The SMILES string of the molecule is CCCCCCCCCCC1O[SH+]1. The summed E-state index contributed by atoms with van der Waals surface area (Å²) >= 11 is 1.24. The Morgan fingerprint density at radius 2 is 1.46 bits per heavy atom. The largest absolute Gasteiger partial charge is 0.296 e. The molecule has 0 aromatic rings. The fourth-order valence-corrected chi connectivity index (χ4v) is 2.08. The standard InChI is InChI=1S/C11H22OS/c1-2-3-4-5-6-7-8-9-10-11-12-13-11/h11H,2-10H2,1H3/p+1. The molecular weight excluding hydrogens is 180 g/mol. The van der Waals surface area contributed by atoms with Gasteiger partial charge in [-0.05, 0) is 6.42 Å². The summed E-state index contributed by atoms with van der Waals surface area (Å²) in [6.07, 6.45) is 12.7. The first-order valence-electron chi connectivity index (χ1n) is 5.79. The van der Waals surface area contributed by atoms with Crippen LogP contribution in [-0.4, -0.2) is 5.44 Å². The number of rotatable bonds is 9. The molecule has 13 heavy (non-hydrogen) atoms. The minimum absolute atomic E-state index is 0.625. The fraction of sp³-hybridized carbons (Fsp3) is 1.00. The van der Waals surface area contributed by atoms with E-state index in [4.69, 9.17) is 4.18 Å². The molecule has 78 valence electrons. The van der Waals surface area contributed by atoms with Crippen LogP contribution in [0.2, 0.25) is 0 Å². The number of unbranched alkanes of at least 4 members (excludes halogenated alkanes) is 7. The van der Waals surface area contributed by atoms with Gasteiger partial charge in [-0.1, -0.05) is 51.9 Å². The lowest BCUT2D eigenvalue weighted by molar-refractivity contribution is 0.423. The predicted molar refractivity (Wildman–Crippen MR) is 60.9 cm³/mol. The van der Waals surface area contributed by atoms with Gasteiger partial charge in [-0.25, -0.2) is 0 Å². The Morgan fingerprint density at radius 3 is 2.00 bits per heavy atom. The first-order chi connectivity index (χ1) is 6.43. The van der Waals surface area contributed by atoms with E-state index < -0.39 is 0 Å². The van der Waals surface area contributed by atoms with Crippen LogP contribution < -0.4 is 0 Å². The number of hydrogen-bond donors (Lipinski definition) is 0. The molecule has 0 aliphatic carbocycles. The summed E-state index contributed by atoms with van der Waals surface area (Å²) in [4.78, 5) is 0. The summed E-state index contributed by atoms with van der Waals surface area (Å²) in [5, 5.41) is 0. The van der Waals surface area contributed by atoms with Gasteiger partial charge < -0.3 is 0 Å². The normalized spacial score (nSPS) is 20.5. The van der Waals surface area contributed by atoms with Crippen molar-refractivity contribution in [2.75, 3.05) is 0 Å². The lowest BCUT2D eigenvalue weighted by Gasteiger charge is -1.98. The van der Waals surface area contributed by atoms with Crippen molar-refractivity contribution in [3.63, 3.8) is 0 Å². The van der Waals surface area contributed by atoms with Crippen LogP contribution in [0.4, 0.5) is 0 Å². The molecule has 1 nitrogen and oxygen atoms in total. The van der Waals surface area contributed by atoms with Gasteiger partial charge in [0.05, 0.1) is 0 Å². The van der Waals surface area contributed by atoms with Crippen molar-refractivity contribution >= 4 is 12.0 Å². The second-order valence-electron chi connectivity index (χ2n) is 3.93. The second-order valence-corrected chi connectivity index (χ2v) is 4.93. The van der Waals surface area contributed by atoms with Gasteiger partial charge >= 0.3 is 0 Å². The van der Waals surface area contributed by atoms with Crippen LogP contribution in [0, 0.1) is 0 Å². The third-order valence-corrected chi connectivity index (χ3v) is 3.33. The Kier molecular flexibility index (Phi) is 6.73. The third-order valence-electron chi connectivity index (χ3n) is 2.56.